The Labute approximate surface area is 146 Å². The minimum Gasteiger partial charge on any atom is -0.480 e. The van der Waals surface area contributed by atoms with Crippen molar-refractivity contribution >= 4 is 17.8 Å². The number of aliphatic carboxylic acids is 1. The normalized spacial score (nSPS) is 14.8. The van der Waals surface area contributed by atoms with Gasteiger partial charge in [0.15, 0.2) is 0 Å². The first kappa shape index (κ1) is 20.6. The Bertz CT molecular complexity index is 585. The largest absolute Gasteiger partial charge is 0.480 e. The lowest BCUT2D eigenvalue weighted by atomic mass is 10.00. The highest BCUT2D eigenvalue weighted by atomic mass is 16.4. The second-order valence-electron chi connectivity index (χ2n) is 6.68. The van der Waals surface area contributed by atoms with Gasteiger partial charge in [-0.25, -0.2) is 9.78 Å². The molecule has 140 valence electrons. The van der Waals surface area contributed by atoms with Crippen LogP contribution in [-0.2, 0) is 20.8 Å². The maximum absolute atomic E-state index is 12.5. The number of aromatic nitrogens is 2. The fourth-order valence-corrected chi connectivity index (χ4v) is 2.17. The molecule has 0 aromatic carbocycles. The van der Waals surface area contributed by atoms with Gasteiger partial charge < -0.3 is 26.5 Å². The maximum Gasteiger partial charge on any atom is 0.326 e. The highest BCUT2D eigenvalue weighted by Gasteiger charge is 2.30. The van der Waals surface area contributed by atoms with Crippen LogP contribution in [0.25, 0.3) is 0 Å². The molecule has 3 atom stereocenters. The highest BCUT2D eigenvalue weighted by molar-refractivity contribution is 5.92. The summed E-state index contributed by atoms with van der Waals surface area (Å²) >= 11 is 0. The van der Waals surface area contributed by atoms with Crippen molar-refractivity contribution in [2.45, 2.75) is 52.2 Å². The van der Waals surface area contributed by atoms with E-state index in [-0.39, 0.29) is 18.3 Å². The summed E-state index contributed by atoms with van der Waals surface area (Å²) in [6, 6.07) is -2.75. The molecule has 1 aromatic rings. The summed E-state index contributed by atoms with van der Waals surface area (Å²) in [7, 11) is 0. The number of amides is 2. The summed E-state index contributed by atoms with van der Waals surface area (Å²) in [5.41, 5.74) is 6.38. The monoisotopic (exact) mass is 353 g/mol. The molecule has 1 rings (SSSR count). The minimum atomic E-state index is -1.17. The van der Waals surface area contributed by atoms with Gasteiger partial charge >= 0.3 is 5.97 Å². The number of nitrogens with one attached hydrogen (secondary N) is 3. The van der Waals surface area contributed by atoms with Crippen molar-refractivity contribution in [2.24, 2.45) is 17.6 Å². The first-order valence-corrected chi connectivity index (χ1v) is 8.19. The molecule has 1 heterocycles. The first-order chi connectivity index (χ1) is 11.6. The number of nitrogens with zero attached hydrogens (tertiary/aromatic N) is 1. The van der Waals surface area contributed by atoms with Crippen molar-refractivity contribution in [1.29, 1.82) is 0 Å². The molecule has 9 nitrogen and oxygen atoms in total. The van der Waals surface area contributed by atoms with E-state index in [0.29, 0.717) is 5.69 Å². The second-order valence-corrected chi connectivity index (χ2v) is 6.68. The fourth-order valence-electron chi connectivity index (χ4n) is 2.17. The summed E-state index contributed by atoms with van der Waals surface area (Å²) in [5.74, 6) is -2.49. The Kier molecular flexibility index (Phi) is 7.56. The number of hydrogen-bond acceptors (Lipinski definition) is 5. The quantitative estimate of drug-likeness (QED) is 0.409. The summed E-state index contributed by atoms with van der Waals surface area (Å²) in [6.45, 7) is 7.13. The third kappa shape index (κ3) is 6.18. The average molecular weight is 353 g/mol. The van der Waals surface area contributed by atoms with Crippen molar-refractivity contribution in [3.63, 3.8) is 0 Å². The number of H-pyrrole nitrogens is 1. The van der Waals surface area contributed by atoms with E-state index in [1.165, 1.54) is 12.5 Å². The molecule has 0 bridgehead atoms. The molecule has 0 radical (unpaired) electrons. The lowest BCUT2D eigenvalue weighted by Gasteiger charge is -2.26. The molecule has 6 N–H and O–H groups in total. The summed E-state index contributed by atoms with van der Waals surface area (Å²) in [6.07, 6.45) is 2.98. The smallest absolute Gasteiger partial charge is 0.326 e. The molecular formula is C16H27N5O4. The first-order valence-electron chi connectivity index (χ1n) is 8.19. The summed E-state index contributed by atoms with van der Waals surface area (Å²) in [5, 5.41) is 14.4. The van der Waals surface area contributed by atoms with Crippen LogP contribution in [0.1, 0.15) is 33.4 Å². The van der Waals surface area contributed by atoms with Crippen molar-refractivity contribution in [1.82, 2.24) is 20.6 Å². The Balaban J connectivity index is 2.79. The van der Waals surface area contributed by atoms with Crippen LogP contribution in [0.5, 0.6) is 0 Å². The van der Waals surface area contributed by atoms with E-state index in [1.54, 1.807) is 27.7 Å². The Morgan fingerprint density at radius 1 is 1.16 bits per heavy atom. The lowest BCUT2D eigenvalue weighted by molar-refractivity contribution is -0.142. The van der Waals surface area contributed by atoms with Crippen molar-refractivity contribution < 1.29 is 19.5 Å². The molecule has 0 aliphatic rings. The summed E-state index contributed by atoms with van der Waals surface area (Å²) in [4.78, 5) is 42.7. The van der Waals surface area contributed by atoms with Crippen molar-refractivity contribution in [3.05, 3.63) is 18.2 Å². The van der Waals surface area contributed by atoms with E-state index in [0.717, 1.165) is 0 Å². The SMILES string of the molecule is CC(C)C(N)C(=O)NC(C(=O)NC(Cc1cnc[nH]1)C(=O)O)C(C)C. The van der Waals surface area contributed by atoms with Crippen LogP contribution in [0.4, 0.5) is 0 Å². The number of nitrogens with two attached hydrogens (primary N) is 1. The molecule has 0 aliphatic heterocycles. The molecule has 0 fully saturated rings. The van der Waals surface area contributed by atoms with Crippen LogP contribution in [0, 0.1) is 11.8 Å². The molecule has 9 heteroatoms. The van der Waals surface area contributed by atoms with E-state index < -0.39 is 35.9 Å². The Hall–Kier alpha value is -2.42. The van der Waals surface area contributed by atoms with Gasteiger partial charge in [-0.3, -0.25) is 9.59 Å². The zero-order chi connectivity index (χ0) is 19.1. The highest BCUT2D eigenvalue weighted by Crippen LogP contribution is 2.07. The van der Waals surface area contributed by atoms with E-state index >= 15 is 0 Å². The number of hydrogen-bond donors (Lipinski definition) is 5. The van der Waals surface area contributed by atoms with Gasteiger partial charge in [0.25, 0.3) is 0 Å². The van der Waals surface area contributed by atoms with E-state index in [9.17, 15) is 19.5 Å². The Morgan fingerprint density at radius 2 is 1.80 bits per heavy atom. The number of carbonyl (C=O) groups is 3. The fraction of sp³-hybridized carbons (Fsp3) is 0.625. The predicted octanol–water partition coefficient (Wildman–Crippen LogP) is -0.354. The number of rotatable bonds is 9. The molecular weight excluding hydrogens is 326 g/mol. The van der Waals surface area contributed by atoms with Crippen LogP contribution in [0.2, 0.25) is 0 Å². The lowest BCUT2D eigenvalue weighted by Crippen LogP contribution is -2.57. The van der Waals surface area contributed by atoms with Crippen LogP contribution in [-0.4, -0.2) is 51.0 Å². The van der Waals surface area contributed by atoms with Gasteiger partial charge in [0.05, 0.1) is 12.4 Å². The van der Waals surface area contributed by atoms with Gasteiger partial charge in [-0.2, -0.15) is 0 Å². The molecule has 3 unspecified atom stereocenters. The molecule has 0 saturated carbocycles. The third-order valence-electron chi connectivity index (χ3n) is 3.86. The zero-order valence-electron chi connectivity index (χ0n) is 14.9. The van der Waals surface area contributed by atoms with Crippen LogP contribution in [0.3, 0.4) is 0 Å². The van der Waals surface area contributed by atoms with Crippen molar-refractivity contribution in [2.75, 3.05) is 0 Å². The standard InChI is InChI=1S/C16H27N5O4/c1-8(2)12(17)14(22)21-13(9(3)4)15(23)20-11(16(24)25)5-10-6-18-7-19-10/h6-9,11-13H,5,17H2,1-4H3,(H,18,19)(H,20,23)(H,21,22)(H,24,25). The number of aromatic amines is 1. The average Bonchev–Trinajstić information content (AvgIpc) is 3.03. The van der Waals surface area contributed by atoms with Crippen LogP contribution in [0.15, 0.2) is 12.5 Å². The van der Waals surface area contributed by atoms with Gasteiger partial charge in [0.2, 0.25) is 11.8 Å². The number of carboxylic acid groups (broad SMARTS) is 1. The molecule has 25 heavy (non-hydrogen) atoms. The predicted molar refractivity (Wildman–Crippen MR) is 91.4 cm³/mol. The number of carboxylic acids is 1. The third-order valence-corrected chi connectivity index (χ3v) is 3.86. The van der Waals surface area contributed by atoms with Crippen molar-refractivity contribution in [3.8, 4) is 0 Å². The van der Waals surface area contributed by atoms with Crippen LogP contribution < -0.4 is 16.4 Å². The molecule has 0 spiro atoms. The zero-order valence-corrected chi connectivity index (χ0v) is 14.9. The molecule has 2 amide bonds. The van der Waals surface area contributed by atoms with Gasteiger partial charge in [-0.05, 0) is 11.8 Å². The summed E-state index contributed by atoms with van der Waals surface area (Å²) < 4.78 is 0. The van der Waals surface area contributed by atoms with Gasteiger partial charge in [-0.1, -0.05) is 27.7 Å². The van der Waals surface area contributed by atoms with Gasteiger partial charge in [0.1, 0.15) is 12.1 Å². The minimum absolute atomic E-state index is 0.0609. The molecule has 0 aliphatic carbocycles. The molecule has 1 aromatic heterocycles. The maximum atomic E-state index is 12.5. The van der Waals surface area contributed by atoms with E-state index in [1.807, 2.05) is 0 Å². The Morgan fingerprint density at radius 3 is 2.24 bits per heavy atom. The number of carbonyl (C=O) groups excluding carboxylic acids is 2. The van der Waals surface area contributed by atoms with Gasteiger partial charge in [-0.15, -0.1) is 0 Å². The topological polar surface area (TPSA) is 150 Å². The van der Waals surface area contributed by atoms with E-state index in [2.05, 4.69) is 20.6 Å². The molecule has 0 saturated heterocycles. The second kappa shape index (κ2) is 9.16. The number of imidazole rings is 1. The van der Waals surface area contributed by atoms with E-state index in [4.69, 9.17) is 5.73 Å². The van der Waals surface area contributed by atoms with Crippen LogP contribution >= 0.6 is 0 Å². The van der Waals surface area contributed by atoms with Gasteiger partial charge in [0, 0.05) is 18.3 Å².